The molecule has 0 bridgehead atoms. The number of anilines is 1. The molecular weight excluding hydrogens is 436 g/mol. The van der Waals surface area contributed by atoms with Crippen molar-refractivity contribution in [3.8, 4) is 5.75 Å². The lowest BCUT2D eigenvalue weighted by atomic mass is 10.00. The van der Waals surface area contributed by atoms with E-state index in [-0.39, 0.29) is 5.75 Å². The number of phenolic OH excluding ortho intramolecular Hbond substituents is 1. The second-order valence-electron chi connectivity index (χ2n) is 7.52. The maximum Gasteiger partial charge on any atom is 0.412 e. The molecule has 0 heterocycles. The fourth-order valence-corrected chi connectivity index (χ4v) is 3.64. The Morgan fingerprint density at radius 2 is 1.76 bits per heavy atom. The van der Waals surface area contributed by atoms with Crippen LogP contribution in [0.1, 0.15) is 31.4 Å². The number of carbonyl (C=O) groups is 2. The van der Waals surface area contributed by atoms with Crippen LogP contribution in [0.2, 0.25) is 0 Å². The molecule has 2 amide bonds. The smallest absolute Gasteiger partial charge is 0.412 e. The zero-order valence-corrected chi connectivity index (χ0v) is 18.8. The summed E-state index contributed by atoms with van der Waals surface area (Å²) >= 11 is 0. The van der Waals surface area contributed by atoms with Gasteiger partial charge >= 0.3 is 6.09 Å². The van der Waals surface area contributed by atoms with Crippen LogP contribution in [0.4, 0.5) is 10.5 Å². The van der Waals surface area contributed by atoms with E-state index >= 15 is 0 Å². The topological polar surface area (TPSA) is 117 Å². The first kappa shape index (κ1) is 24.8. The third-order valence-electron chi connectivity index (χ3n) is 5.20. The monoisotopic (exact) mass is 464 g/mol. The Morgan fingerprint density at radius 3 is 2.50 bits per heavy atom. The first-order valence-corrected chi connectivity index (χ1v) is 11.0. The molecule has 0 radical (unpaired) electrons. The van der Waals surface area contributed by atoms with Crippen molar-refractivity contribution in [2.24, 2.45) is 0 Å². The molecule has 8 heteroatoms. The molecule has 34 heavy (non-hydrogen) atoms. The van der Waals surface area contributed by atoms with Gasteiger partial charge in [0.05, 0.1) is 11.8 Å². The van der Waals surface area contributed by atoms with Gasteiger partial charge in [0.2, 0.25) is 0 Å². The van der Waals surface area contributed by atoms with Gasteiger partial charge < -0.3 is 14.6 Å². The molecule has 3 aromatic rings. The van der Waals surface area contributed by atoms with E-state index < -0.39 is 24.2 Å². The number of aromatic hydroxyl groups is 1. The van der Waals surface area contributed by atoms with Gasteiger partial charge in [0.25, 0.3) is 5.91 Å². The Hall–Kier alpha value is -3.88. The number of nitrogens with one attached hydrogen (secondary N) is 2. The summed E-state index contributed by atoms with van der Waals surface area (Å²) < 4.78 is 11.7. The van der Waals surface area contributed by atoms with Crippen molar-refractivity contribution in [2.45, 2.75) is 32.0 Å². The summed E-state index contributed by atoms with van der Waals surface area (Å²) in [6.07, 6.45) is 1.77. The van der Waals surface area contributed by atoms with E-state index in [0.29, 0.717) is 30.7 Å². The predicted molar refractivity (Wildman–Crippen MR) is 129 cm³/mol. The lowest BCUT2D eigenvalue weighted by Crippen LogP contribution is -2.29. The Kier molecular flexibility index (Phi) is 9.02. The zero-order valence-electron chi connectivity index (χ0n) is 18.8. The molecule has 0 spiro atoms. The van der Waals surface area contributed by atoms with Crippen molar-refractivity contribution < 1.29 is 29.4 Å². The summed E-state index contributed by atoms with van der Waals surface area (Å²) in [4.78, 5) is 24.1. The van der Waals surface area contributed by atoms with Crippen molar-refractivity contribution >= 4 is 28.5 Å². The number of amides is 2. The van der Waals surface area contributed by atoms with Crippen molar-refractivity contribution in [1.82, 2.24) is 5.48 Å². The molecule has 0 fully saturated rings. The van der Waals surface area contributed by atoms with Gasteiger partial charge in [0.15, 0.2) is 6.10 Å². The average Bonchev–Trinajstić information content (AvgIpc) is 2.85. The highest BCUT2D eigenvalue weighted by Crippen LogP contribution is 2.30. The lowest BCUT2D eigenvalue weighted by molar-refractivity contribution is -0.124. The summed E-state index contributed by atoms with van der Waals surface area (Å²) in [7, 11) is 0. The molecule has 0 aromatic heterocycles. The number of hydroxylamine groups is 1. The normalized spacial score (nSPS) is 12.9. The van der Waals surface area contributed by atoms with Crippen LogP contribution in [0, 0.1) is 0 Å². The summed E-state index contributed by atoms with van der Waals surface area (Å²) in [6.45, 7) is 2.22. The first-order valence-electron chi connectivity index (χ1n) is 11.0. The highest BCUT2D eigenvalue weighted by atomic mass is 16.6. The molecule has 3 aromatic carbocycles. The fourth-order valence-electron chi connectivity index (χ4n) is 3.64. The van der Waals surface area contributed by atoms with Gasteiger partial charge in [-0.05, 0) is 48.9 Å². The molecule has 0 aliphatic heterocycles. The van der Waals surface area contributed by atoms with Crippen LogP contribution in [0.5, 0.6) is 5.75 Å². The maximum absolute atomic E-state index is 12.9. The van der Waals surface area contributed by atoms with Crippen LogP contribution in [0.3, 0.4) is 0 Å². The third kappa shape index (κ3) is 6.81. The molecule has 4 N–H and O–H groups in total. The zero-order chi connectivity index (χ0) is 24.3. The molecule has 178 valence electrons. The molecule has 2 atom stereocenters. The van der Waals surface area contributed by atoms with Crippen LogP contribution in [0.25, 0.3) is 10.8 Å². The summed E-state index contributed by atoms with van der Waals surface area (Å²) in [5.41, 5.74) is 2.81. The molecule has 0 saturated carbocycles. The van der Waals surface area contributed by atoms with Crippen molar-refractivity contribution in [2.75, 3.05) is 11.9 Å². The minimum atomic E-state index is -0.768. The molecular formula is C26H28N2O6. The largest absolute Gasteiger partial charge is 0.508 e. The quantitative estimate of drug-likeness (QED) is 0.189. The number of ether oxygens (including phenoxy) is 2. The number of hydrogen-bond donors (Lipinski definition) is 4. The van der Waals surface area contributed by atoms with E-state index in [2.05, 4.69) is 5.32 Å². The Morgan fingerprint density at radius 1 is 1.03 bits per heavy atom. The molecule has 0 unspecified atom stereocenters. The van der Waals surface area contributed by atoms with Gasteiger partial charge in [-0.25, -0.2) is 10.3 Å². The molecule has 0 saturated heterocycles. The standard InChI is InChI=1S/C26H28N2O6/c1-2-33-23(12-5-6-13-24(30)28-32)25(19-14-16-20(29)17-15-19)34-26(31)27-22-11-7-9-18-8-3-4-10-21(18)22/h3-4,6-11,13-17,23,25,29,32H,2,5,12H2,1H3,(H,27,31)(H,28,30)/b13-6+/t23-,25-/m1/s1. The SMILES string of the molecule is CCO[C@H](CC/C=C/C(=O)NO)[C@H](OC(=O)Nc1cccc2ccccc12)c1ccc(O)cc1. The maximum atomic E-state index is 12.9. The fraction of sp³-hybridized carbons (Fsp3) is 0.231. The molecule has 8 nitrogen and oxygen atoms in total. The average molecular weight is 465 g/mol. The van der Waals surface area contributed by atoms with Gasteiger partial charge in [-0.1, -0.05) is 54.6 Å². The van der Waals surface area contributed by atoms with Crippen molar-refractivity contribution in [1.29, 1.82) is 0 Å². The Labute approximate surface area is 197 Å². The van der Waals surface area contributed by atoms with Gasteiger partial charge in [-0.2, -0.15) is 0 Å². The highest BCUT2D eigenvalue weighted by Gasteiger charge is 2.27. The number of allylic oxidation sites excluding steroid dienone is 1. The van der Waals surface area contributed by atoms with Gasteiger partial charge in [0.1, 0.15) is 5.75 Å². The third-order valence-corrected chi connectivity index (χ3v) is 5.20. The molecule has 0 aliphatic rings. The number of carbonyl (C=O) groups excluding carboxylic acids is 2. The number of phenols is 1. The Balaban J connectivity index is 1.81. The van der Waals surface area contributed by atoms with E-state index in [1.165, 1.54) is 23.7 Å². The van der Waals surface area contributed by atoms with Crippen LogP contribution >= 0.6 is 0 Å². The second-order valence-corrected chi connectivity index (χ2v) is 7.52. The lowest BCUT2D eigenvalue weighted by Gasteiger charge is -2.27. The number of benzene rings is 3. The minimum absolute atomic E-state index is 0.0913. The van der Waals surface area contributed by atoms with Crippen LogP contribution in [-0.2, 0) is 14.3 Å². The number of fused-ring (bicyclic) bond motifs is 1. The van der Waals surface area contributed by atoms with Crippen molar-refractivity contribution in [3.63, 3.8) is 0 Å². The summed E-state index contributed by atoms with van der Waals surface area (Å²) in [5, 5.41) is 23.0. The van der Waals surface area contributed by atoms with Gasteiger partial charge in [-0.15, -0.1) is 0 Å². The van der Waals surface area contributed by atoms with E-state index in [1.54, 1.807) is 24.3 Å². The summed E-state index contributed by atoms with van der Waals surface area (Å²) in [5.74, 6) is -0.539. The van der Waals surface area contributed by atoms with Crippen LogP contribution in [-0.4, -0.2) is 35.0 Å². The van der Waals surface area contributed by atoms with E-state index in [4.69, 9.17) is 14.7 Å². The van der Waals surface area contributed by atoms with E-state index in [0.717, 1.165) is 10.8 Å². The predicted octanol–water partition coefficient (Wildman–Crippen LogP) is 5.08. The number of rotatable bonds is 10. The highest BCUT2D eigenvalue weighted by molar-refractivity contribution is 6.00. The molecule has 3 rings (SSSR count). The van der Waals surface area contributed by atoms with Crippen LogP contribution in [0.15, 0.2) is 78.9 Å². The first-order chi connectivity index (χ1) is 16.5. The van der Waals surface area contributed by atoms with Crippen LogP contribution < -0.4 is 10.8 Å². The Bertz CT molecular complexity index is 1120. The van der Waals surface area contributed by atoms with Crippen molar-refractivity contribution in [3.05, 3.63) is 84.4 Å². The number of hydrogen-bond acceptors (Lipinski definition) is 6. The molecule has 0 aliphatic carbocycles. The summed E-state index contributed by atoms with van der Waals surface area (Å²) in [6, 6.07) is 19.7. The van der Waals surface area contributed by atoms with E-state index in [1.807, 2.05) is 43.3 Å². The second kappa shape index (κ2) is 12.4. The minimum Gasteiger partial charge on any atom is -0.508 e. The van der Waals surface area contributed by atoms with E-state index in [9.17, 15) is 14.7 Å². The van der Waals surface area contributed by atoms with Gasteiger partial charge in [-0.3, -0.25) is 15.3 Å². The van der Waals surface area contributed by atoms with Gasteiger partial charge in [0, 0.05) is 18.1 Å².